The monoisotopic (exact) mass is 650 g/mol. The standard InChI is InChI=1S/C35H50N6O4S/c1-27-23-31(44-5)24-28(2)34(27)46(42,43)41-20-9-13-30(26-41)45-33-14-18-37-32(38-33)25-36-17-10-19-40-21-15-35(16-22-40,39(3)4)29-11-7-6-8-12-29/h6-8,11-12,14,18,23-24,30,36H,9-10,13,15-17,19-22,25-26H2,1-5H3. The number of hydrogen-bond acceptors (Lipinski definition) is 9. The quantitative estimate of drug-likeness (QED) is 0.271. The molecular formula is C35H50N6O4S. The summed E-state index contributed by atoms with van der Waals surface area (Å²) in [5.74, 6) is 1.79. The molecule has 11 heteroatoms. The Labute approximate surface area is 275 Å². The zero-order valence-corrected chi connectivity index (χ0v) is 28.9. The molecule has 1 unspecified atom stereocenters. The molecule has 10 nitrogen and oxygen atoms in total. The number of rotatable bonds is 13. The average molecular weight is 651 g/mol. The lowest BCUT2D eigenvalue weighted by molar-refractivity contribution is 0.0534. The van der Waals surface area contributed by atoms with E-state index in [1.54, 1.807) is 31.5 Å². The molecule has 2 aliphatic rings. The molecule has 1 atom stereocenters. The van der Waals surface area contributed by atoms with Gasteiger partial charge < -0.3 is 19.7 Å². The Morgan fingerprint density at radius 2 is 1.76 bits per heavy atom. The zero-order chi connectivity index (χ0) is 32.7. The molecule has 46 heavy (non-hydrogen) atoms. The van der Waals surface area contributed by atoms with E-state index in [4.69, 9.17) is 9.47 Å². The molecule has 0 saturated carbocycles. The number of methoxy groups -OCH3 is 1. The van der Waals surface area contributed by atoms with E-state index in [1.165, 1.54) is 9.87 Å². The van der Waals surface area contributed by atoms with Crippen molar-refractivity contribution in [3.63, 3.8) is 0 Å². The van der Waals surface area contributed by atoms with Crippen LogP contribution in [0.5, 0.6) is 11.6 Å². The molecule has 1 N–H and O–H groups in total. The SMILES string of the molecule is COc1cc(C)c(S(=O)(=O)N2CCCC(Oc3ccnc(CNCCCN4CCC(c5ccccc5)(N(C)C)CC4)n3)C2)c(C)c1. The number of aryl methyl sites for hydroxylation is 2. The summed E-state index contributed by atoms with van der Waals surface area (Å²) in [7, 11) is 2.31. The van der Waals surface area contributed by atoms with E-state index in [0.29, 0.717) is 46.6 Å². The Bertz CT molecular complexity index is 1520. The maximum absolute atomic E-state index is 13.7. The van der Waals surface area contributed by atoms with Gasteiger partial charge in [-0.1, -0.05) is 30.3 Å². The summed E-state index contributed by atoms with van der Waals surface area (Å²) in [6.45, 7) is 9.04. The van der Waals surface area contributed by atoms with E-state index < -0.39 is 10.0 Å². The molecule has 0 bridgehead atoms. The van der Waals surface area contributed by atoms with Crippen LogP contribution in [0, 0.1) is 13.8 Å². The number of aromatic nitrogens is 2. The summed E-state index contributed by atoms with van der Waals surface area (Å²) >= 11 is 0. The number of hydrogen-bond donors (Lipinski definition) is 1. The maximum atomic E-state index is 13.7. The smallest absolute Gasteiger partial charge is 0.243 e. The second-order valence-electron chi connectivity index (χ2n) is 12.8. The predicted octanol–water partition coefficient (Wildman–Crippen LogP) is 4.37. The van der Waals surface area contributed by atoms with Crippen molar-refractivity contribution in [3.8, 4) is 11.6 Å². The van der Waals surface area contributed by atoms with Crippen LogP contribution in [-0.2, 0) is 22.1 Å². The van der Waals surface area contributed by atoms with Gasteiger partial charge in [0.2, 0.25) is 15.9 Å². The minimum atomic E-state index is -3.68. The van der Waals surface area contributed by atoms with Gasteiger partial charge in [-0.25, -0.2) is 13.4 Å². The largest absolute Gasteiger partial charge is 0.497 e. The highest BCUT2D eigenvalue weighted by Crippen LogP contribution is 2.37. The fourth-order valence-electron chi connectivity index (χ4n) is 7.00. The van der Waals surface area contributed by atoms with E-state index >= 15 is 0 Å². The third kappa shape index (κ3) is 7.88. The first-order valence-corrected chi connectivity index (χ1v) is 17.9. The number of sulfonamides is 1. The van der Waals surface area contributed by atoms with Crippen molar-refractivity contribution in [2.45, 2.75) is 69.0 Å². The molecule has 2 saturated heterocycles. The molecule has 2 aromatic carbocycles. The number of piperidine rings is 2. The lowest BCUT2D eigenvalue weighted by atomic mass is 9.80. The fraction of sp³-hybridized carbons (Fsp3) is 0.543. The van der Waals surface area contributed by atoms with Crippen LogP contribution in [0.1, 0.15) is 54.6 Å². The van der Waals surface area contributed by atoms with Crippen LogP contribution in [0.4, 0.5) is 0 Å². The zero-order valence-electron chi connectivity index (χ0n) is 28.0. The number of nitrogens with zero attached hydrogens (tertiary/aromatic N) is 5. The first kappa shape index (κ1) is 34.3. The second kappa shape index (κ2) is 15.2. The van der Waals surface area contributed by atoms with Crippen molar-refractivity contribution in [1.29, 1.82) is 0 Å². The molecule has 2 aliphatic heterocycles. The number of benzene rings is 2. The van der Waals surface area contributed by atoms with Gasteiger partial charge in [-0.2, -0.15) is 9.29 Å². The van der Waals surface area contributed by atoms with E-state index in [9.17, 15) is 8.42 Å². The maximum Gasteiger partial charge on any atom is 0.243 e. The van der Waals surface area contributed by atoms with Crippen LogP contribution in [-0.4, -0.2) is 99.1 Å². The topological polar surface area (TPSA) is 100 Å². The summed E-state index contributed by atoms with van der Waals surface area (Å²) in [6, 6.07) is 16.2. The Balaban J connectivity index is 1.07. The summed E-state index contributed by atoms with van der Waals surface area (Å²) in [5.41, 5.74) is 2.88. The molecule has 0 aliphatic carbocycles. The van der Waals surface area contributed by atoms with Crippen molar-refractivity contribution in [1.82, 2.24) is 29.4 Å². The van der Waals surface area contributed by atoms with Crippen molar-refractivity contribution >= 4 is 10.0 Å². The van der Waals surface area contributed by atoms with Gasteiger partial charge in [-0.15, -0.1) is 0 Å². The molecule has 5 rings (SSSR count). The van der Waals surface area contributed by atoms with Crippen LogP contribution in [0.2, 0.25) is 0 Å². The first-order chi connectivity index (χ1) is 22.1. The van der Waals surface area contributed by atoms with Crippen molar-refractivity contribution in [3.05, 3.63) is 77.2 Å². The van der Waals surface area contributed by atoms with Gasteiger partial charge in [-0.3, -0.25) is 4.90 Å². The molecule has 0 radical (unpaired) electrons. The van der Waals surface area contributed by atoms with Crippen molar-refractivity contribution < 1.29 is 17.9 Å². The van der Waals surface area contributed by atoms with Gasteiger partial charge in [-0.05, 0) is 102 Å². The molecule has 1 aromatic heterocycles. The summed E-state index contributed by atoms with van der Waals surface area (Å²) < 4.78 is 40.4. The Morgan fingerprint density at radius 3 is 2.43 bits per heavy atom. The normalized spacial score (nSPS) is 19.3. The highest BCUT2D eigenvalue weighted by Gasteiger charge is 2.38. The number of nitrogens with one attached hydrogen (secondary N) is 1. The molecule has 3 heterocycles. The molecular weight excluding hydrogens is 600 g/mol. The minimum Gasteiger partial charge on any atom is -0.497 e. The minimum absolute atomic E-state index is 0.110. The average Bonchev–Trinajstić information content (AvgIpc) is 3.05. The van der Waals surface area contributed by atoms with E-state index in [1.807, 2.05) is 13.8 Å². The van der Waals surface area contributed by atoms with Gasteiger partial charge in [0, 0.05) is 37.4 Å². The lowest BCUT2D eigenvalue weighted by Gasteiger charge is -2.46. The number of likely N-dealkylation sites (tertiary alicyclic amines) is 1. The van der Waals surface area contributed by atoms with Gasteiger partial charge in [0.05, 0.1) is 25.1 Å². The summed E-state index contributed by atoms with van der Waals surface area (Å²) in [6.07, 6.45) is 6.22. The third-order valence-electron chi connectivity index (χ3n) is 9.54. The molecule has 0 amide bonds. The summed E-state index contributed by atoms with van der Waals surface area (Å²) in [5, 5.41) is 3.48. The van der Waals surface area contributed by atoms with Gasteiger partial charge in [0.25, 0.3) is 0 Å². The van der Waals surface area contributed by atoms with E-state index in [-0.39, 0.29) is 18.2 Å². The fourth-order valence-corrected chi connectivity index (χ4v) is 8.92. The second-order valence-corrected chi connectivity index (χ2v) is 14.7. The third-order valence-corrected chi connectivity index (χ3v) is 11.7. The molecule has 250 valence electrons. The van der Waals surface area contributed by atoms with Crippen LogP contribution >= 0.6 is 0 Å². The highest BCUT2D eigenvalue weighted by atomic mass is 32.2. The van der Waals surface area contributed by atoms with Crippen molar-refractivity contribution in [2.24, 2.45) is 0 Å². The summed E-state index contributed by atoms with van der Waals surface area (Å²) in [4.78, 5) is 14.4. The van der Waals surface area contributed by atoms with Crippen LogP contribution in [0.15, 0.2) is 59.6 Å². The van der Waals surface area contributed by atoms with E-state index in [0.717, 1.165) is 58.3 Å². The first-order valence-electron chi connectivity index (χ1n) is 16.4. The Hall–Kier alpha value is -3.09. The molecule has 2 fully saturated rings. The van der Waals surface area contributed by atoms with Gasteiger partial charge in [0.15, 0.2) is 0 Å². The molecule has 3 aromatic rings. The Morgan fingerprint density at radius 1 is 1.04 bits per heavy atom. The lowest BCUT2D eigenvalue weighted by Crippen LogP contribution is -2.50. The van der Waals surface area contributed by atoms with Crippen LogP contribution < -0.4 is 14.8 Å². The molecule has 0 spiro atoms. The van der Waals surface area contributed by atoms with Gasteiger partial charge in [0.1, 0.15) is 17.7 Å². The number of ether oxygens (including phenoxy) is 2. The highest BCUT2D eigenvalue weighted by molar-refractivity contribution is 7.89. The Kier molecular flexibility index (Phi) is 11.3. The van der Waals surface area contributed by atoms with E-state index in [2.05, 4.69) is 69.5 Å². The van der Waals surface area contributed by atoms with Crippen molar-refractivity contribution in [2.75, 3.05) is 60.5 Å². The van der Waals surface area contributed by atoms with Gasteiger partial charge >= 0.3 is 0 Å². The predicted molar refractivity (Wildman–Crippen MR) is 181 cm³/mol. The van der Waals surface area contributed by atoms with Crippen LogP contribution in [0.3, 0.4) is 0 Å². The van der Waals surface area contributed by atoms with Crippen LogP contribution in [0.25, 0.3) is 0 Å².